The number of rotatable bonds is 8. The van der Waals surface area contributed by atoms with Crippen molar-refractivity contribution in [1.82, 2.24) is 9.13 Å². The molecule has 0 spiro atoms. The Labute approximate surface area is 330 Å². The van der Waals surface area contributed by atoms with Crippen molar-refractivity contribution in [1.29, 1.82) is 0 Å². The van der Waals surface area contributed by atoms with E-state index in [1.165, 1.54) is 33.4 Å². The highest BCUT2D eigenvalue weighted by molar-refractivity contribution is 7.86. The Kier molecular flexibility index (Phi) is 12.3. The highest BCUT2D eigenvalue weighted by Gasteiger charge is 2.51. The molecule has 2 atom stereocenters. The van der Waals surface area contributed by atoms with E-state index in [9.17, 15) is 26.3 Å². The van der Waals surface area contributed by atoms with Crippen molar-refractivity contribution in [2.24, 2.45) is 11.8 Å². The minimum Gasteiger partial charge on any atom is -0.741 e. The summed E-state index contributed by atoms with van der Waals surface area (Å²) in [7, 11) is -12.2. The fourth-order valence-corrected chi connectivity index (χ4v) is 7.74. The number of halogens is 6. The van der Waals surface area contributed by atoms with Crippen molar-refractivity contribution in [3.63, 3.8) is 0 Å². The van der Waals surface area contributed by atoms with Crippen molar-refractivity contribution < 1.29 is 61.4 Å². The summed E-state index contributed by atoms with van der Waals surface area (Å²) in [5.41, 5.74) is -2.53. The van der Waals surface area contributed by atoms with Crippen LogP contribution in [0.2, 0.25) is 0 Å². The molecule has 2 aromatic heterocycles. The topological polar surface area (TPSA) is 132 Å². The summed E-state index contributed by atoms with van der Waals surface area (Å²) in [5.74, 6) is 1.76. The van der Waals surface area contributed by atoms with E-state index in [0.29, 0.717) is 23.7 Å². The van der Waals surface area contributed by atoms with E-state index in [4.69, 9.17) is 25.9 Å². The second kappa shape index (κ2) is 16.9. The van der Waals surface area contributed by atoms with Gasteiger partial charge in [0.15, 0.2) is 20.2 Å². The highest BCUT2D eigenvalue weighted by Crippen LogP contribution is 2.59. The first kappa shape index (κ1) is 42.3. The van der Waals surface area contributed by atoms with Crippen LogP contribution in [-0.4, -0.2) is 46.1 Å². The molecule has 6 aromatic rings. The molecule has 9 rings (SSSR count). The maximum Gasteiger partial charge on any atom is 0.485 e. The Morgan fingerprint density at radius 3 is 1.05 bits per heavy atom. The van der Waals surface area contributed by atoms with Gasteiger partial charge in [0.2, 0.25) is 12.7 Å². The fraction of sp³-hybridized carbons (Fsp3) is 0.250. The zero-order valence-corrected chi connectivity index (χ0v) is 31.9. The van der Waals surface area contributed by atoms with Crippen molar-refractivity contribution in [2.75, 3.05) is 0 Å². The van der Waals surface area contributed by atoms with Crippen molar-refractivity contribution in [3.05, 3.63) is 180 Å². The molecular formula is C40H36F6N4O6S2. The molecule has 58 heavy (non-hydrogen) atoms. The lowest BCUT2D eigenvalue weighted by atomic mass is 9.54. The summed E-state index contributed by atoms with van der Waals surface area (Å²) >= 11 is 0. The van der Waals surface area contributed by atoms with Gasteiger partial charge in [-0.1, -0.05) is 109 Å². The van der Waals surface area contributed by atoms with Gasteiger partial charge in [-0.25, -0.2) is 35.1 Å². The predicted molar refractivity (Wildman–Crippen MR) is 195 cm³/mol. The first-order chi connectivity index (χ1) is 27.3. The average molecular weight is 847 g/mol. The maximum absolute atomic E-state index is 10.7. The Bertz CT molecular complexity index is 2320. The smallest absolute Gasteiger partial charge is 0.485 e. The average Bonchev–Trinajstić information content (AvgIpc) is 3.80. The molecule has 0 N–H and O–H groups in total. The van der Waals surface area contributed by atoms with Gasteiger partial charge in [-0.3, -0.25) is 0 Å². The van der Waals surface area contributed by atoms with Gasteiger partial charge in [-0.15, -0.1) is 0 Å². The van der Waals surface area contributed by atoms with Gasteiger partial charge in [0.05, 0.1) is 13.1 Å². The van der Waals surface area contributed by atoms with Crippen LogP contribution in [0.1, 0.15) is 45.2 Å². The van der Waals surface area contributed by atoms with E-state index < -0.39 is 31.3 Å². The SMILES string of the molecule is O=S(=O)([O-])C(F)(F)F.O=S(=O)([O-])C(F)(F)F.c1ccc(C[n+]2ccn(CC3C4c5ccccc5C(c5ccccc54)C3Cn3cc[n+](Cc4ccccc4)c3)c2)cc1. The van der Waals surface area contributed by atoms with E-state index in [-0.39, 0.29) is 0 Å². The zero-order chi connectivity index (χ0) is 41.9. The second-order valence-electron chi connectivity index (χ2n) is 13.9. The summed E-state index contributed by atoms with van der Waals surface area (Å²) in [6.45, 7) is 3.79. The summed E-state index contributed by atoms with van der Waals surface area (Å²) in [4.78, 5) is 0. The van der Waals surface area contributed by atoms with E-state index in [1.54, 1.807) is 0 Å². The molecule has 3 aliphatic rings. The van der Waals surface area contributed by atoms with Gasteiger partial charge in [-0.05, 0) is 33.4 Å². The van der Waals surface area contributed by atoms with E-state index >= 15 is 0 Å². The number of hydrogen-bond acceptors (Lipinski definition) is 6. The number of nitrogens with zero attached hydrogens (tertiary/aromatic N) is 4. The Morgan fingerprint density at radius 1 is 0.500 bits per heavy atom. The third-order valence-corrected chi connectivity index (χ3v) is 11.2. The molecule has 0 fully saturated rings. The van der Waals surface area contributed by atoms with Crippen LogP contribution in [-0.2, 0) is 46.4 Å². The van der Waals surface area contributed by atoms with Gasteiger partial charge >= 0.3 is 11.0 Å². The monoisotopic (exact) mass is 846 g/mol. The molecule has 3 aliphatic carbocycles. The minimum atomic E-state index is -6.09. The zero-order valence-electron chi connectivity index (χ0n) is 30.3. The molecule has 2 bridgehead atoms. The van der Waals surface area contributed by atoms with Crippen LogP contribution in [0.15, 0.2) is 147 Å². The summed E-state index contributed by atoms with van der Waals surface area (Å²) in [6, 6.07) is 40.0. The quantitative estimate of drug-likeness (QED) is 0.0767. The summed E-state index contributed by atoms with van der Waals surface area (Å²) < 4.78 is 127. The first-order valence-corrected chi connectivity index (χ1v) is 20.5. The van der Waals surface area contributed by atoms with Crippen LogP contribution in [0, 0.1) is 11.8 Å². The third-order valence-electron chi connectivity index (χ3n) is 10.1. The van der Waals surface area contributed by atoms with Crippen LogP contribution in [0.25, 0.3) is 0 Å². The molecule has 0 radical (unpaired) electrons. The maximum atomic E-state index is 10.7. The molecule has 10 nitrogen and oxygen atoms in total. The normalized spacial score (nSPS) is 18.6. The predicted octanol–water partition coefficient (Wildman–Crippen LogP) is 6.29. The molecule has 0 saturated carbocycles. The lowest BCUT2D eigenvalue weighted by Crippen LogP contribution is -2.43. The van der Waals surface area contributed by atoms with E-state index in [1.807, 2.05) is 0 Å². The van der Waals surface area contributed by atoms with Crippen molar-refractivity contribution >= 4 is 20.2 Å². The molecule has 0 aliphatic heterocycles. The van der Waals surface area contributed by atoms with Gasteiger partial charge < -0.3 is 9.11 Å². The Balaban J connectivity index is 0.000000301. The molecule has 2 heterocycles. The molecule has 0 saturated heterocycles. The van der Waals surface area contributed by atoms with Gasteiger partial charge in [0, 0.05) is 23.7 Å². The van der Waals surface area contributed by atoms with Gasteiger partial charge in [0.1, 0.15) is 37.9 Å². The number of alkyl halides is 6. The number of fused-ring (bicyclic) bond motifs is 1. The van der Waals surface area contributed by atoms with Crippen LogP contribution >= 0.6 is 0 Å². The molecule has 306 valence electrons. The molecule has 2 unspecified atom stereocenters. The molecular weight excluding hydrogens is 811 g/mol. The van der Waals surface area contributed by atoms with Crippen molar-refractivity contribution in [3.8, 4) is 0 Å². The third kappa shape index (κ3) is 9.86. The first-order valence-electron chi connectivity index (χ1n) is 17.7. The molecule has 18 heteroatoms. The lowest BCUT2D eigenvalue weighted by Gasteiger charge is -2.49. The van der Waals surface area contributed by atoms with Gasteiger partial charge in [0.25, 0.3) is 0 Å². The number of benzene rings is 4. The number of imidazole rings is 2. The van der Waals surface area contributed by atoms with E-state index in [0.717, 1.165) is 26.2 Å². The fourth-order valence-electron chi connectivity index (χ4n) is 7.74. The standard InChI is InChI=1S/C38H36N4.2CHF3O3S/c1-3-11-29(12-4-1)23-39-19-21-41(27-39)25-35-36(26-42-22-20-40(28-42)24-30-13-5-2-6-14-30)38-33-17-9-7-15-31(33)37(35)32-16-8-10-18-34(32)38;2*2-1(3,4)8(5,6)7/h1-22,27-28,35-38H,23-26H2;2*(H,5,6,7)/q+2;;/p-2. The second-order valence-corrected chi connectivity index (χ2v) is 16.6. The molecule has 4 aromatic carbocycles. The largest absolute Gasteiger partial charge is 0.741 e. The van der Waals surface area contributed by atoms with E-state index in [2.05, 4.69) is 165 Å². The van der Waals surface area contributed by atoms with Crippen LogP contribution in [0.5, 0.6) is 0 Å². The van der Waals surface area contributed by atoms with Crippen LogP contribution < -0.4 is 9.13 Å². The summed E-state index contributed by atoms with van der Waals surface area (Å²) in [5, 5.41) is 0. The van der Waals surface area contributed by atoms with Crippen LogP contribution in [0.4, 0.5) is 26.3 Å². The van der Waals surface area contributed by atoms with Gasteiger partial charge in [-0.2, -0.15) is 26.3 Å². The van der Waals surface area contributed by atoms with Crippen LogP contribution in [0.3, 0.4) is 0 Å². The number of hydrogen-bond donors (Lipinski definition) is 0. The minimum absolute atomic E-state index is 0.393. The highest BCUT2D eigenvalue weighted by atomic mass is 32.2. The lowest BCUT2D eigenvalue weighted by molar-refractivity contribution is -0.688. The molecule has 0 amide bonds. The van der Waals surface area contributed by atoms with Crippen molar-refractivity contribution in [2.45, 2.75) is 49.0 Å². The Hall–Kier alpha value is -5.30. The number of aromatic nitrogens is 4. The Morgan fingerprint density at radius 2 is 0.776 bits per heavy atom. The summed E-state index contributed by atoms with van der Waals surface area (Å²) in [6.07, 6.45) is 13.6.